The van der Waals surface area contributed by atoms with Gasteiger partial charge in [-0.25, -0.2) is 9.78 Å². The van der Waals surface area contributed by atoms with Crippen molar-refractivity contribution < 1.29 is 9.53 Å². The molecule has 2 heterocycles. The summed E-state index contributed by atoms with van der Waals surface area (Å²) in [7, 11) is 0. The Hall–Kier alpha value is -1.88. The van der Waals surface area contributed by atoms with Crippen molar-refractivity contribution in [1.82, 2.24) is 4.98 Å². The molecule has 4 nitrogen and oxygen atoms in total. The second-order valence-corrected chi connectivity index (χ2v) is 5.48. The number of rotatable bonds is 3. The molecule has 5 heteroatoms. The Kier molecular flexibility index (Phi) is 3.69. The first-order chi connectivity index (χ1) is 9.79. The zero-order valence-electron chi connectivity index (χ0n) is 11.3. The van der Waals surface area contributed by atoms with Crippen LogP contribution in [-0.4, -0.2) is 24.1 Å². The molecule has 0 bridgehead atoms. The molecule has 0 amide bonds. The number of anilines is 1. The van der Waals surface area contributed by atoms with Crippen molar-refractivity contribution in [3.05, 3.63) is 34.8 Å². The van der Waals surface area contributed by atoms with E-state index in [2.05, 4.69) is 22.4 Å². The number of ether oxygens (including phenoxy) is 1. The first-order valence-electron chi connectivity index (χ1n) is 6.78. The lowest BCUT2D eigenvalue weighted by Gasteiger charge is -2.20. The van der Waals surface area contributed by atoms with Gasteiger partial charge < -0.3 is 10.1 Å². The highest BCUT2D eigenvalue weighted by Crippen LogP contribution is 2.34. The van der Waals surface area contributed by atoms with E-state index in [1.54, 1.807) is 12.3 Å². The average Bonchev–Trinajstić information content (AvgIpc) is 2.97. The van der Waals surface area contributed by atoms with Crippen molar-refractivity contribution in [1.29, 1.82) is 0 Å². The molecule has 1 N–H and O–H groups in total. The third-order valence-electron chi connectivity index (χ3n) is 3.31. The molecule has 0 fully saturated rings. The fourth-order valence-electron chi connectivity index (χ4n) is 2.41. The minimum Gasteiger partial charge on any atom is -0.461 e. The molecule has 1 aromatic carbocycles. The van der Waals surface area contributed by atoms with E-state index < -0.39 is 0 Å². The highest BCUT2D eigenvalue weighted by Gasteiger charge is 2.18. The molecule has 0 aliphatic carbocycles. The Morgan fingerprint density at radius 3 is 3.25 bits per heavy atom. The molecule has 3 rings (SSSR count). The smallest absolute Gasteiger partial charge is 0.357 e. The van der Waals surface area contributed by atoms with E-state index in [1.807, 2.05) is 6.07 Å². The summed E-state index contributed by atoms with van der Waals surface area (Å²) in [6.07, 6.45) is 2.17. The lowest BCUT2D eigenvalue weighted by atomic mass is 9.98. The normalized spacial score (nSPS) is 13.4. The molecule has 1 aliphatic rings. The first kappa shape index (κ1) is 13.1. The Morgan fingerprint density at radius 2 is 2.40 bits per heavy atom. The van der Waals surface area contributed by atoms with Gasteiger partial charge in [0.25, 0.3) is 0 Å². The summed E-state index contributed by atoms with van der Waals surface area (Å²) in [5.74, 6) is -0.349. The second kappa shape index (κ2) is 5.63. The molecular weight excluding hydrogens is 272 g/mol. The molecule has 20 heavy (non-hydrogen) atoms. The molecule has 1 aliphatic heterocycles. The van der Waals surface area contributed by atoms with E-state index in [0.29, 0.717) is 12.3 Å². The molecule has 0 atom stereocenters. The summed E-state index contributed by atoms with van der Waals surface area (Å²) in [5, 5.41) is 6.06. The van der Waals surface area contributed by atoms with Crippen LogP contribution in [0.5, 0.6) is 0 Å². The maximum absolute atomic E-state index is 11.7. The highest BCUT2D eigenvalue weighted by atomic mass is 32.1. The van der Waals surface area contributed by atoms with Gasteiger partial charge in [-0.3, -0.25) is 0 Å². The maximum atomic E-state index is 11.7. The first-order valence-corrected chi connectivity index (χ1v) is 7.66. The van der Waals surface area contributed by atoms with E-state index in [0.717, 1.165) is 30.0 Å². The van der Waals surface area contributed by atoms with Crippen LogP contribution in [0.3, 0.4) is 0 Å². The van der Waals surface area contributed by atoms with Crippen LogP contribution >= 0.6 is 11.3 Å². The van der Waals surface area contributed by atoms with Gasteiger partial charge in [0.05, 0.1) is 6.61 Å². The zero-order chi connectivity index (χ0) is 13.9. The van der Waals surface area contributed by atoms with Crippen LogP contribution in [0.1, 0.15) is 29.4 Å². The van der Waals surface area contributed by atoms with Gasteiger partial charge in [0.2, 0.25) is 0 Å². The number of hydrogen-bond donors (Lipinski definition) is 1. The molecule has 0 spiro atoms. The number of esters is 1. The SMILES string of the molecule is CCOC(=O)c1csc(-c2cccc3c2CCCN3)n1. The number of thiazole rings is 1. The molecule has 0 radical (unpaired) electrons. The van der Waals surface area contributed by atoms with E-state index in [4.69, 9.17) is 4.74 Å². The van der Waals surface area contributed by atoms with Crippen LogP contribution in [0.15, 0.2) is 23.6 Å². The van der Waals surface area contributed by atoms with Crippen molar-refractivity contribution in [3.63, 3.8) is 0 Å². The summed E-state index contributed by atoms with van der Waals surface area (Å²) >= 11 is 1.49. The number of benzene rings is 1. The summed E-state index contributed by atoms with van der Waals surface area (Å²) < 4.78 is 4.98. The van der Waals surface area contributed by atoms with Crippen molar-refractivity contribution in [2.24, 2.45) is 0 Å². The van der Waals surface area contributed by atoms with Gasteiger partial charge in [0, 0.05) is 23.2 Å². The minimum absolute atomic E-state index is 0.349. The Morgan fingerprint density at radius 1 is 1.50 bits per heavy atom. The predicted molar refractivity (Wildman–Crippen MR) is 80.3 cm³/mol. The summed E-state index contributed by atoms with van der Waals surface area (Å²) in [5.41, 5.74) is 3.99. The Labute approximate surface area is 121 Å². The lowest BCUT2D eigenvalue weighted by molar-refractivity contribution is 0.0520. The van der Waals surface area contributed by atoms with Gasteiger partial charge in [0.1, 0.15) is 5.01 Å². The monoisotopic (exact) mass is 288 g/mol. The van der Waals surface area contributed by atoms with Crippen LogP contribution < -0.4 is 5.32 Å². The lowest BCUT2D eigenvalue weighted by Crippen LogP contribution is -2.12. The van der Waals surface area contributed by atoms with Gasteiger partial charge in [-0.15, -0.1) is 11.3 Å². The molecule has 1 aromatic heterocycles. The fourth-order valence-corrected chi connectivity index (χ4v) is 3.25. The zero-order valence-corrected chi connectivity index (χ0v) is 12.1. The van der Waals surface area contributed by atoms with Crippen LogP contribution in [0.4, 0.5) is 5.69 Å². The topological polar surface area (TPSA) is 51.2 Å². The Balaban J connectivity index is 1.96. The van der Waals surface area contributed by atoms with Gasteiger partial charge >= 0.3 is 5.97 Å². The van der Waals surface area contributed by atoms with Gasteiger partial charge in [-0.2, -0.15) is 0 Å². The van der Waals surface area contributed by atoms with Crippen LogP contribution in [0, 0.1) is 0 Å². The Bertz CT molecular complexity index is 637. The van der Waals surface area contributed by atoms with Gasteiger partial charge in [-0.05, 0) is 31.4 Å². The summed E-state index contributed by atoms with van der Waals surface area (Å²) in [6, 6.07) is 6.19. The highest BCUT2D eigenvalue weighted by molar-refractivity contribution is 7.13. The van der Waals surface area contributed by atoms with Gasteiger partial charge in [0.15, 0.2) is 5.69 Å². The molecular formula is C15H16N2O2S. The number of hydrogen-bond acceptors (Lipinski definition) is 5. The quantitative estimate of drug-likeness (QED) is 0.880. The number of aromatic nitrogens is 1. The largest absolute Gasteiger partial charge is 0.461 e. The second-order valence-electron chi connectivity index (χ2n) is 4.62. The van der Waals surface area contributed by atoms with Crippen LogP contribution in [0.2, 0.25) is 0 Å². The summed E-state index contributed by atoms with van der Waals surface area (Å²) in [6.45, 7) is 3.18. The third-order valence-corrected chi connectivity index (χ3v) is 4.19. The third kappa shape index (κ3) is 2.41. The fraction of sp³-hybridized carbons (Fsp3) is 0.333. The number of fused-ring (bicyclic) bond motifs is 1. The number of nitrogens with one attached hydrogen (secondary N) is 1. The maximum Gasteiger partial charge on any atom is 0.357 e. The standard InChI is InChI=1S/C15H16N2O2S/c1-2-19-15(18)13-9-20-14(17-13)11-5-3-7-12-10(11)6-4-8-16-12/h3,5,7,9,16H,2,4,6,8H2,1H3. The average molecular weight is 288 g/mol. The number of carbonyl (C=O) groups is 1. The molecule has 104 valence electrons. The van der Waals surface area contributed by atoms with E-state index in [9.17, 15) is 4.79 Å². The van der Waals surface area contributed by atoms with Gasteiger partial charge in [-0.1, -0.05) is 12.1 Å². The van der Waals surface area contributed by atoms with Crippen molar-refractivity contribution in [3.8, 4) is 10.6 Å². The van der Waals surface area contributed by atoms with Crippen molar-refractivity contribution >= 4 is 23.0 Å². The van der Waals surface area contributed by atoms with Crippen LogP contribution in [-0.2, 0) is 11.2 Å². The van der Waals surface area contributed by atoms with E-state index in [-0.39, 0.29) is 5.97 Å². The molecule has 0 saturated carbocycles. The van der Waals surface area contributed by atoms with Crippen molar-refractivity contribution in [2.75, 3.05) is 18.5 Å². The van der Waals surface area contributed by atoms with E-state index in [1.165, 1.54) is 22.6 Å². The predicted octanol–water partition coefficient (Wildman–Crippen LogP) is 3.34. The number of nitrogens with zero attached hydrogens (tertiary/aromatic N) is 1. The molecule has 0 unspecified atom stereocenters. The minimum atomic E-state index is -0.349. The van der Waals surface area contributed by atoms with Crippen molar-refractivity contribution in [2.45, 2.75) is 19.8 Å². The molecule has 2 aromatic rings. The summed E-state index contributed by atoms with van der Waals surface area (Å²) in [4.78, 5) is 16.1. The molecule has 0 saturated heterocycles. The van der Waals surface area contributed by atoms with E-state index >= 15 is 0 Å². The number of carbonyl (C=O) groups excluding carboxylic acids is 1. The van der Waals surface area contributed by atoms with Crippen LogP contribution in [0.25, 0.3) is 10.6 Å².